The van der Waals surface area contributed by atoms with Gasteiger partial charge in [-0.25, -0.2) is 0 Å². The Bertz CT molecular complexity index is 100. The molecule has 0 rings (SSSR count). The SMILES string of the molecule is CC(=O)NCC(=O)[O-].[Cr+3]. The summed E-state index contributed by atoms with van der Waals surface area (Å²) in [7, 11) is 0. The molecule has 0 saturated carbocycles. The summed E-state index contributed by atoms with van der Waals surface area (Å²) >= 11 is 0. The van der Waals surface area contributed by atoms with E-state index in [9.17, 15) is 14.7 Å². The maximum atomic E-state index is 9.95. The number of hydrogen-bond acceptors (Lipinski definition) is 3. The molecule has 5 heteroatoms. The van der Waals surface area contributed by atoms with Crippen molar-refractivity contribution >= 4 is 11.9 Å². The number of carboxylic acid groups (broad SMARTS) is 1. The van der Waals surface area contributed by atoms with E-state index >= 15 is 0 Å². The van der Waals surface area contributed by atoms with E-state index in [1.807, 2.05) is 5.32 Å². The number of rotatable bonds is 2. The first-order valence-corrected chi connectivity index (χ1v) is 2.07. The molecule has 4 nitrogen and oxygen atoms in total. The van der Waals surface area contributed by atoms with Crippen LogP contribution in [0.4, 0.5) is 0 Å². The smallest absolute Gasteiger partial charge is 0.548 e. The first-order chi connectivity index (χ1) is 3.63. The van der Waals surface area contributed by atoms with Crippen LogP contribution in [0.15, 0.2) is 0 Å². The molecule has 9 heavy (non-hydrogen) atoms. The predicted octanol–water partition coefficient (Wildman–Crippen LogP) is -2.13. The average Bonchev–Trinajstić information content (AvgIpc) is 1.61. The number of carboxylic acids is 1. The fraction of sp³-hybridized carbons (Fsp3) is 0.500. The molecule has 0 bridgehead atoms. The summed E-state index contributed by atoms with van der Waals surface area (Å²) in [5.41, 5.74) is 0. The molecule has 0 spiro atoms. The van der Waals surface area contributed by atoms with Gasteiger partial charge in [0.1, 0.15) is 0 Å². The third kappa shape index (κ3) is 11.2. The number of amides is 1. The predicted molar refractivity (Wildman–Crippen MR) is 23.7 cm³/mol. The van der Waals surface area contributed by atoms with Crippen LogP contribution in [0.2, 0.25) is 0 Å². The molecule has 1 amide bonds. The molecule has 0 atom stereocenters. The fourth-order valence-electron chi connectivity index (χ4n) is 0.197. The number of aliphatic carboxylic acids is 1. The van der Waals surface area contributed by atoms with Crippen LogP contribution < -0.4 is 10.4 Å². The Labute approximate surface area is 63.4 Å². The third-order valence-electron chi connectivity index (χ3n) is 0.482. The normalized spacial score (nSPS) is 7.22. The molecule has 0 heterocycles. The number of hydrogen-bond donors (Lipinski definition) is 1. The van der Waals surface area contributed by atoms with E-state index in [1.54, 1.807) is 0 Å². The van der Waals surface area contributed by atoms with Crippen molar-refractivity contribution in [2.24, 2.45) is 0 Å². The molecule has 49 valence electrons. The zero-order valence-corrected chi connectivity index (χ0v) is 6.12. The summed E-state index contributed by atoms with van der Waals surface area (Å²) < 4.78 is 0. The maximum absolute atomic E-state index is 9.95. The molecule has 0 fully saturated rings. The van der Waals surface area contributed by atoms with Crippen LogP contribution in [-0.4, -0.2) is 18.4 Å². The molecular formula is C4H6CrNO3+2. The van der Waals surface area contributed by atoms with E-state index in [0.717, 1.165) is 0 Å². The molecule has 0 aliphatic carbocycles. The van der Waals surface area contributed by atoms with Gasteiger partial charge in [-0.1, -0.05) is 0 Å². The second-order valence-corrected chi connectivity index (χ2v) is 1.28. The first-order valence-electron chi connectivity index (χ1n) is 2.07. The van der Waals surface area contributed by atoms with Crippen LogP contribution in [0.25, 0.3) is 0 Å². The molecule has 0 aliphatic heterocycles. The van der Waals surface area contributed by atoms with Crippen LogP contribution in [0.1, 0.15) is 6.92 Å². The van der Waals surface area contributed by atoms with Gasteiger partial charge in [-0.3, -0.25) is 4.79 Å². The van der Waals surface area contributed by atoms with E-state index < -0.39 is 12.5 Å². The Morgan fingerprint density at radius 1 is 1.56 bits per heavy atom. The largest absolute Gasteiger partial charge is 3.00 e. The van der Waals surface area contributed by atoms with Crippen LogP contribution in [-0.2, 0) is 27.0 Å². The molecule has 1 N–H and O–H groups in total. The van der Waals surface area contributed by atoms with Gasteiger partial charge >= 0.3 is 17.4 Å². The molecule has 0 aromatic rings. The Hall–Kier alpha value is -0.528. The van der Waals surface area contributed by atoms with Gasteiger partial charge in [0.15, 0.2) is 0 Å². The second kappa shape index (κ2) is 5.61. The van der Waals surface area contributed by atoms with Crippen molar-refractivity contribution in [1.29, 1.82) is 0 Å². The fourth-order valence-corrected chi connectivity index (χ4v) is 0.197. The van der Waals surface area contributed by atoms with Gasteiger partial charge in [-0.15, -0.1) is 0 Å². The molecule has 1 radical (unpaired) electrons. The molecule has 0 aromatic carbocycles. The quantitative estimate of drug-likeness (QED) is 0.512. The minimum atomic E-state index is -1.28. The zero-order chi connectivity index (χ0) is 6.57. The van der Waals surface area contributed by atoms with Crippen LogP contribution in [0.3, 0.4) is 0 Å². The molecule has 0 unspecified atom stereocenters. The summed E-state index contributed by atoms with van der Waals surface area (Å²) in [4.78, 5) is 19.5. The van der Waals surface area contributed by atoms with Gasteiger partial charge in [0, 0.05) is 6.92 Å². The van der Waals surface area contributed by atoms with E-state index in [4.69, 9.17) is 0 Å². The minimum absolute atomic E-state index is 0. The topological polar surface area (TPSA) is 69.2 Å². The Morgan fingerprint density at radius 3 is 2.11 bits per heavy atom. The Kier molecular flexibility index (Phi) is 7.03. The van der Waals surface area contributed by atoms with Gasteiger partial charge in [-0.2, -0.15) is 0 Å². The summed E-state index contributed by atoms with van der Waals surface area (Å²) in [6.45, 7) is 0.832. The van der Waals surface area contributed by atoms with Crippen molar-refractivity contribution in [3.8, 4) is 0 Å². The number of carbonyl (C=O) groups excluding carboxylic acids is 2. The van der Waals surface area contributed by atoms with Gasteiger partial charge in [0.2, 0.25) is 5.91 Å². The molecule has 0 aromatic heterocycles. The number of nitrogens with one attached hydrogen (secondary N) is 1. The minimum Gasteiger partial charge on any atom is -0.548 e. The second-order valence-electron chi connectivity index (χ2n) is 1.28. The van der Waals surface area contributed by atoms with Crippen molar-refractivity contribution in [2.45, 2.75) is 6.92 Å². The monoisotopic (exact) mass is 168 g/mol. The molecule has 0 aliphatic rings. The van der Waals surface area contributed by atoms with E-state index in [2.05, 4.69) is 0 Å². The van der Waals surface area contributed by atoms with Crippen LogP contribution in [0, 0.1) is 0 Å². The van der Waals surface area contributed by atoms with Crippen molar-refractivity contribution in [1.82, 2.24) is 5.32 Å². The van der Waals surface area contributed by atoms with Crippen molar-refractivity contribution in [3.05, 3.63) is 0 Å². The van der Waals surface area contributed by atoms with Crippen molar-refractivity contribution < 1.29 is 32.1 Å². The van der Waals surface area contributed by atoms with Crippen LogP contribution >= 0.6 is 0 Å². The summed E-state index contributed by atoms with van der Waals surface area (Å²) in [6.07, 6.45) is 0. The van der Waals surface area contributed by atoms with Crippen LogP contribution in [0.5, 0.6) is 0 Å². The van der Waals surface area contributed by atoms with E-state index in [0.29, 0.717) is 0 Å². The maximum Gasteiger partial charge on any atom is 3.00 e. The summed E-state index contributed by atoms with van der Waals surface area (Å²) in [5, 5.41) is 11.6. The van der Waals surface area contributed by atoms with Crippen molar-refractivity contribution in [2.75, 3.05) is 6.54 Å². The van der Waals surface area contributed by atoms with E-state index in [1.165, 1.54) is 6.92 Å². The first kappa shape index (κ1) is 11.3. The third-order valence-corrected chi connectivity index (χ3v) is 0.482. The standard InChI is InChI=1S/C4H7NO3.Cr/c1-3(6)5-2-4(7)8;/h2H2,1H3,(H,5,6)(H,7,8);/q;+3/p-1. The van der Waals surface area contributed by atoms with Gasteiger partial charge < -0.3 is 15.2 Å². The molecule has 0 saturated heterocycles. The summed E-state index contributed by atoms with van der Waals surface area (Å²) in [5.74, 6) is -1.64. The van der Waals surface area contributed by atoms with Crippen molar-refractivity contribution in [3.63, 3.8) is 0 Å². The number of carbonyl (C=O) groups is 2. The van der Waals surface area contributed by atoms with Gasteiger partial charge in [0.05, 0.1) is 12.5 Å². The Morgan fingerprint density at radius 2 is 2.00 bits per heavy atom. The van der Waals surface area contributed by atoms with E-state index in [-0.39, 0.29) is 23.3 Å². The summed E-state index contributed by atoms with van der Waals surface area (Å²) in [6, 6.07) is 0. The average molecular weight is 168 g/mol. The molecular weight excluding hydrogens is 162 g/mol. The van der Waals surface area contributed by atoms with Gasteiger partial charge in [0.25, 0.3) is 0 Å². The zero-order valence-electron chi connectivity index (χ0n) is 4.84. The Balaban J connectivity index is 0. The van der Waals surface area contributed by atoms with Gasteiger partial charge in [-0.05, 0) is 0 Å².